The van der Waals surface area contributed by atoms with E-state index < -0.39 is 0 Å². The zero-order valence-electron chi connectivity index (χ0n) is 14.5. The molecule has 4 rings (SSSR count). The van der Waals surface area contributed by atoms with Gasteiger partial charge in [0.05, 0.1) is 12.2 Å². The number of amides is 1. The first-order chi connectivity index (χ1) is 12.6. The summed E-state index contributed by atoms with van der Waals surface area (Å²) in [5.41, 5.74) is 3.71. The fourth-order valence-corrected chi connectivity index (χ4v) is 3.47. The van der Waals surface area contributed by atoms with Gasteiger partial charge in [-0.1, -0.05) is 6.07 Å². The third-order valence-electron chi connectivity index (χ3n) is 4.54. The van der Waals surface area contributed by atoms with E-state index in [1.807, 2.05) is 12.1 Å². The van der Waals surface area contributed by atoms with Crippen molar-refractivity contribution in [3.05, 3.63) is 48.4 Å². The summed E-state index contributed by atoms with van der Waals surface area (Å²) in [4.78, 5) is 22.6. The van der Waals surface area contributed by atoms with Gasteiger partial charge in [-0.05, 0) is 37.1 Å². The monoisotopic (exact) mass is 349 g/mol. The summed E-state index contributed by atoms with van der Waals surface area (Å²) in [6.45, 7) is 3.65. The second-order valence-corrected chi connectivity index (χ2v) is 6.39. The molecule has 0 spiro atoms. The van der Waals surface area contributed by atoms with E-state index in [1.165, 1.54) is 0 Å². The number of anilines is 2. The van der Waals surface area contributed by atoms with Gasteiger partial charge in [-0.25, -0.2) is 9.97 Å². The Morgan fingerprint density at radius 1 is 1.31 bits per heavy atom. The standard InChI is InChI=1S/C18H19N7O/c1-11-8-15(22-12(2)26)14-9-13(16-10-21-24-23-16)4-5-17(14)25(11)18-19-6-3-7-20-18/h3-7,9-11,15H,8H2,1-2H3,(H,22,26)(H,21,23,24). The van der Waals surface area contributed by atoms with Crippen LogP contribution in [-0.2, 0) is 4.79 Å². The molecule has 8 nitrogen and oxygen atoms in total. The summed E-state index contributed by atoms with van der Waals surface area (Å²) in [5.74, 6) is 0.598. The van der Waals surface area contributed by atoms with Crippen LogP contribution in [0, 0.1) is 0 Å². The number of fused-ring (bicyclic) bond motifs is 1. The molecule has 2 unspecified atom stereocenters. The Labute approximate surface area is 150 Å². The van der Waals surface area contributed by atoms with Gasteiger partial charge in [0, 0.05) is 36.6 Å². The quantitative estimate of drug-likeness (QED) is 0.753. The number of H-pyrrole nitrogens is 1. The minimum absolute atomic E-state index is 0.0515. The van der Waals surface area contributed by atoms with Crippen molar-refractivity contribution in [2.45, 2.75) is 32.4 Å². The molecule has 0 saturated heterocycles. The van der Waals surface area contributed by atoms with E-state index in [2.05, 4.69) is 48.6 Å². The SMILES string of the molecule is CC(=O)NC1CC(C)N(c2ncccn2)c2ccc(-c3cn[nH]n3)cc21. The van der Waals surface area contributed by atoms with Crippen LogP contribution in [-0.4, -0.2) is 37.3 Å². The van der Waals surface area contributed by atoms with Crippen molar-refractivity contribution in [3.63, 3.8) is 0 Å². The zero-order chi connectivity index (χ0) is 18.1. The first-order valence-corrected chi connectivity index (χ1v) is 8.47. The van der Waals surface area contributed by atoms with E-state index in [1.54, 1.807) is 31.6 Å². The highest BCUT2D eigenvalue weighted by Crippen LogP contribution is 2.41. The Bertz CT molecular complexity index is 911. The molecule has 1 aromatic carbocycles. The smallest absolute Gasteiger partial charge is 0.230 e. The fourth-order valence-electron chi connectivity index (χ4n) is 3.47. The highest BCUT2D eigenvalue weighted by atomic mass is 16.1. The van der Waals surface area contributed by atoms with Crippen LogP contribution in [0.1, 0.15) is 31.9 Å². The summed E-state index contributed by atoms with van der Waals surface area (Å²) >= 11 is 0. The van der Waals surface area contributed by atoms with Gasteiger partial charge in [0.25, 0.3) is 0 Å². The molecule has 1 amide bonds. The Morgan fingerprint density at radius 2 is 2.12 bits per heavy atom. The van der Waals surface area contributed by atoms with Crippen LogP contribution in [0.3, 0.4) is 0 Å². The Kier molecular flexibility index (Phi) is 4.08. The zero-order valence-corrected chi connectivity index (χ0v) is 14.5. The molecule has 0 saturated carbocycles. The third-order valence-corrected chi connectivity index (χ3v) is 4.54. The average molecular weight is 349 g/mol. The second-order valence-electron chi connectivity index (χ2n) is 6.39. The summed E-state index contributed by atoms with van der Waals surface area (Å²) in [5, 5.41) is 13.7. The van der Waals surface area contributed by atoms with E-state index in [0.717, 1.165) is 28.9 Å². The van der Waals surface area contributed by atoms with Crippen LogP contribution in [0.2, 0.25) is 0 Å². The van der Waals surface area contributed by atoms with Crippen molar-refractivity contribution in [3.8, 4) is 11.3 Å². The van der Waals surface area contributed by atoms with Gasteiger partial charge in [-0.15, -0.1) is 0 Å². The summed E-state index contributed by atoms with van der Waals surface area (Å²) in [7, 11) is 0. The third kappa shape index (κ3) is 2.90. The normalized spacial score (nSPS) is 19.1. The molecule has 0 aliphatic carbocycles. The van der Waals surface area contributed by atoms with Crippen LogP contribution < -0.4 is 10.2 Å². The maximum absolute atomic E-state index is 11.7. The number of aromatic amines is 1. The number of rotatable bonds is 3. The van der Waals surface area contributed by atoms with Gasteiger partial charge in [-0.2, -0.15) is 15.4 Å². The molecule has 0 fully saturated rings. The summed E-state index contributed by atoms with van der Waals surface area (Å²) < 4.78 is 0. The van der Waals surface area contributed by atoms with E-state index in [-0.39, 0.29) is 18.0 Å². The van der Waals surface area contributed by atoms with Crippen LogP contribution in [0.25, 0.3) is 11.3 Å². The first kappa shape index (κ1) is 16.2. The van der Waals surface area contributed by atoms with E-state index in [0.29, 0.717) is 5.95 Å². The number of benzene rings is 1. The van der Waals surface area contributed by atoms with E-state index in [4.69, 9.17) is 0 Å². The average Bonchev–Trinajstić information content (AvgIpc) is 3.16. The molecular formula is C18H19N7O. The van der Waals surface area contributed by atoms with Crippen LogP contribution in [0.15, 0.2) is 42.9 Å². The minimum Gasteiger partial charge on any atom is -0.349 e. The van der Waals surface area contributed by atoms with Gasteiger partial charge in [0.15, 0.2) is 0 Å². The highest BCUT2D eigenvalue weighted by molar-refractivity contribution is 5.76. The number of aromatic nitrogens is 5. The summed E-state index contributed by atoms with van der Waals surface area (Å²) in [6, 6.07) is 7.93. The van der Waals surface area contributed by atoms with E-state index in [9.17, 15) is 4.79 Å². The molecule has 3 aromatic rings. The number of carbonyl (C=O) groups excluding carboxylic acids is 1. The van der Waals surface area contributed by atoms with Crippen molar-refractivity contribution >= 4 is 17.5 Å². The second kappa shape index (κ2) is 6.55. The van der Waals surface area contributed by atoms with Gasteiger partial charge in [0.1, 0.15) is 5.69 Å². The maximum Gasteiger partial charge on any atom is 0.230 e. The molecule has 0 bridgehead atoms. The molecule has 0 radical (unpaired) electrons. The van der Waals surface area contributed by atoms with Crippen LogP contribution >= 0.6 is 0 Å². The van der Waals surface area contributed by atoms with Gasteiger partial charge in [0.2, 0.25) is 11.9 Å². The molecule has 132 valence electrons. The Morgan fingerprint density at radius 3 is 2.81 bits per heavy atom. The Balaban J connectivity index is 1.83. The topological polar surface area (TPSA) is 99.7 Å². The van der Waals surface area contributed by atoms with Crippen molar-refractivity contribution < 1.29 is 4.79 Å². The largest absolute Gasteiger partial charge is 0.349 e. The first-order valence-electron chi connectivity index (χ1n) is 8.47. The lowest BCUT2D eigenvalue weighted by molar-refractivity contribution is -0.119. The van der Waals surface area contributed by atoms with Gasteiger partial charge in [-0.3, -0.25) is 4.79 Å². The highest BCUT2D eigenvalue weighted by Gasteiger charge is 2.33. The lowest BCUT2D eigenvalue weighted by Crippen LogP contribution is -2.41. The number of hydrogen-bond donors (Lipinski definition) is 2. The van der Waals surface area contributed by atoms with Crippen molar-refractivity contribution in [2.75, 3.05) is 4.90 Å². The molecular weight excluding hydrogens is 330 g/mol. The predicted molar refractivity (Wildman–Crippen MR) is 96.6 cm³/mol. The molecule has 2 aromatic heterocycles. The molecule has 1 aliphatic heterocycles. The van der Waals surface area contributed by atoms with Crippen molar-refractivity contribution in [1.82, 2.24) is 30.7 Å². The van der Waals surface area contributed by atoms with Crippen molar-refractivity contribution in [2.24, 2.45) is 0 Å². The van der Waals surface area contributed by atoms with Crippen molar-refractivity contribution in [1.29, 1.82) is 0 Å². The number of carbonyl (C=O) groups is 1. The predicted octanol–water partition coefficient (Wildman–Crippen LogP) is 2.37. The molecule has 2 atom stereocenters. The van der Waals surface area contributed by atoms with Crippen LogP contribution in [0.4, 0.5) is 11.6 Å². The minimum atomic E-state index is -0.0793. The van der Waals surface area contributed by atoms with Gasteiger partial charge < -0.3 is 10.2 Å². The molecule has 1 aliphatic rings. The maximum atomic E-state index is 11.7. The Hall–Kier alpha value is -3.29. The lowest BCUT2D eigenvalue weighted by atomic mass is 9.90. The molecule has 2 N–H and O–H groups in total. The summed E-state index contributed by atoms with van der Waals surface area (Å²) in [6.07, 6.45) is 5.91. The van der Waals surface area contributed by atoms with E-state index >= 15 is 0 Å². The number of nitrogens with one attached hydrogen (secondary N) is 2. The number of nitrogens with zero attached hydrogens (tertiary/aromatic N) is 5. The van der Waals surface area contributed by atoms with Crippen LogP contribution in [0.5, 0.6) is 0 Å². The van der Waals surface area contributed by atoms with Gasteiger partial charge >= 0.3 is 0 Å². The number of hydrogen-bond acceptors (Lipinski definition) is 6. The molecule has 26 heavy (non-hydrogen) atoms. The molecule has 3 heterocycles. The lowest BCUT2D eigenvalue weighted by Gasteiger charge is -2.39. The molecule has 8 heteroatoms. The fraction of sp³-hybridized carbons (Fsp3) is 0.278.